The van der Waals surface area contributed by atoms with Crippen molar-refractivity contribution in [1.29, 1.82) is 0 Å². The van der Waals surface area contributed by atoms with Crippen LogP contribution in [-0.4, -0.2) is 17.5 Å². The van der Waals surface area contributed by atoms with Gasteiger partial charge in [-0.25, -0.2) is 0 Å². The Bertz CT molecular complexity index is 422. The number of nitrogens with zero attached hydrogens (tertiary/aromatic N) is 1. The number of hydrogen-bond acceptors (Lipinski definition) is 4. The van der Waals surface area contributed by atoms with Crippen molar-refractivity contribution in [1.82, 2.24) is 5.32 Å². The topological polar surface area (TPSA) is 67.2 Å². The van der Waals surface area contributed by atoms with E-state index < -0.39 is 0 Å². The van der Waals surface area contributed by atoms with Gasteiger partial charge in [-0.15, -0.1) is 0 Å². The van der Waals surface area contributed by atoms with Crippen LogP contribution in [-0.2, 0) is 0 Å². The van der Waals surface area contributed by atoms with Gasteiger partial charge in [0.15, 0.2) is 0 Å². The van der Waals surface area contributed by atoms with Crippen LogP contribution in [0, 0.1) is 10.1 Å². The van der Waals surface area contributed by atoms with E-state index in [1.807, 2.05) is 40.7 Å². The molecule has 0 aromatic heterocycles. The third kappa shape index (κ3) is 4.49. The van der Waals surface area contributed by atoms with E-state index in [0.717, 1.165) is 5.56 Å². The van der Waals surface area contributed by atoms with Gasteiger partial charge in [-0.3, -0.25) is 10.1 Å². The van der Waals surface area contributed by atoms with Crippen LogP contribution in [0.1, 0.15) is 53.1 Å². The van der Waals surface area contributed by atoms with Crippen molar-refractivity contribution < 1.29 is 4.92 Å². The fourth-order valence-corrected chi connectivity index (χ4v) is 2.09. The van der Waals surface area contributed by atoms with Gasteiger partial charge in [0.05, 0.1) is 4.92 Å². The summed E-state index contributed by atoms with van der Waals surface area (Å²) in [6, 6.07) is 5.61. The number of nitrogens with one attached hydrogen (secondary N) is 2. The molecule has 1 aliphatic heterocycles. The summed E-state index contributed by atoms with van der Waals surface area (Å²) in [6.45, 7) is 12.8. The SMILES string of the molecule is CC.CC.CC1CNc2c(cccc2[N+](=O)[O-])C(C)N1. The predicted octanol–water partition coefficient (Wildman–Crippen LogP) is 4.11. The van der Waals surface area contributed by atoms with Crippen molar-refractivity contribution in [3.05, 3.63) is 33.9 Å². The molecule has 114 valence electrons. The van der Waals surface area contributed by atoms with Gasteiger partial charge in [0.2, 0.25) is 0 Å². The van der Waals surface area contributed by atoms with E-state index in [2.05, 4.69) is 17.6 Å². The standard InChI is InChI=1S/C11H15N3O2.2C2H6/c1-7-6-12-11-9(8(2)13-7)4-3-5-10(11)14(15)16;2*1-2/h3-5,7-8,12-13H,6H2,1-2H3;2*1-2H3. The van der Waals surface area contributed by atoms with Crippen LogP contribution < -0.4 is 10.6 Å². The first-order chi connectivity index (χ1) is 9.59. The van der Waals surface area contributed by atoms with Crippen LogP contribution >= 0.6 is 0 Å². The second-order valence-corrected chi connectivity index (χ2v) is 4.17. The first kappa shape index (κ1) is 18.4. The van der Waals surface area contributed by atoms with Crippen molar-refractivity contribution in [3.8, 4) is 0 Å². The van der Waals surface area contributed by atoms with Crippen LogP contribution in [0.2, 0.25) is 0 Å². The summed E-state index contributed by atoms with van der Waals surface area (Å²) >= 11 is 0. The highest BCUT2D eigenvalue weighted by Crippen LogP contribution is 2.33. The normalized spacial score (nSPS) is 19.9. The van der Waals surface area contributed by atoms with Gasteiger partial charge >= 0.3 is 0 Å². The molecule has 2 N–H and O–H groups in total. The number of anilines is 1. The molecule has 5 nitrogen and oxygen atoms in total. The first-order valence-electron chi connectivity index (χ1n) is 7.37. The molecule has 2 rings (SSSR count). The zero-order valence-corrected chi connectivity index (χ0v) is 13.4. The molecular formula is C15H27N3O2. The fraction of sp³-hybridized carbons (Fsp3) is 0.600. The molecule has 1 aromatic carbocycles. The highest BCUT2D eigenvalue weighted by molar-refractivity contribution is 5.67. The number of nitro groups is 1. The summed E-state index contributed by atoms with van der Waals surface area (Å²) in [5.41, 5.74) is 1.76. The maximum atomic E-state index is 10.9. The van der Waals surface area contributed by atoms with Gasteiger partial charge < -0.3 is 10.6 Å². The minimum absolute atomic E-state index is 0.125. The number of nitro benzene ring substituents is 1. The monoisotopic (exact) mass is 281 g/mol. The molecule has 0 bridgehead atoms. The van der Waals surface area contributed by atoms with Gasteiger partial charge in [0.1, 0.15) is 5.69 Å². The Labute approximate surface area is 121 Å². The predicted molar refractivity (Wildman–Crippen MR) is 85.3 cm³/mol. The Morgan fingerprint density at radius 2 is 1.80 bits per heavy atom. The second kappa shape index (κ2) is 9.31. The Kier molecular flexibility index (Phi) is 8.56. The smallest absolute Gasteiger partial charge is 0.292 e. The van der Waals surface area contributed by atoms with Gasteiger partial charge in [0.25, 0.3) is 5.69 Å². The highest BCUT2D eigenvalue weighted by atomic mass is 16.6. The number of benzene rings is 1. The Balaban J connectivity index is 0.000000829. The Hall–Kier alpha value is -1.62. The van der Waals surface area contributed by atoms with E-state index >= 15 is 0 Å². The van der Waals surface area contributed by atoms with E-state index in [4.69, 9.17) is 0 Å². The fourth-order valence-electron chi connectivity index (χ4n) is 2.09. The highest BCUT2D eigenvalue weighted by Gasteiger charge is 2.24. The molecule has 0 fully saturated rings. The molecule has 1 heterocycles. The Morgan fingerprint density at radius 3 is 2.35 bits per heavy atom. The quantitative estimate of drug-likeness (QED) is 0.600. The summed E-state index contributed by atoms with van der Waals surface area (Å²) in [6.07, 6.45) is 0. The number of rotatable bonds is 1. The molecule has 0 radical (unpaired) electrons. The molecule has 2 atom stereocenters. The third-order valence-electron chi connectivity index (χ3n) is 2.86. The second-order valence-electron chi connectivity index (χ2n) is 4.17. The minimum atomic E-state index is -0.339. The minimum Gasteiger partial charge on any atom is -0.378 e. The Morgan fingerprint density at radius 1 is 1.20 bits per heavy atom. The molecule has 0 saturated carbocycles. The summed E-state index contributed by atoms with van der Waals surface area (Å²) in [5, 5.41) is 17.4. The molecule has 0 aliphatic carbocycles. The lowest BCUT2D eigenvalue weighted by molar-refractivity contribution is -0.384. The summed E-state index contributed by atoms with van der Waals surface area (Å²) < 4.78 is 0. The molecular weight excluding hydrogens is 254 g/mol. The molecule has 2 unspecified atom stereocenters. The van der Waals surface area contributed by atoms with E-state index in [1.54, 1.807) is 6.07 Å². The number of para-hydroxylation sites is 1. The van der Waals surface area contributed by atoms with Crippen molar-refractivity contribution in [2.75, 3.05) is 11.9 Å². The third-order valence-corrected chi connectivity index (χ3v) is 2.86. The number of fused-ring (bicyclic) bond motifs is 1. The molecule has 0 amide bonds. The van der Waals surface area contributed by atoms with Crippen molar-refractivity contribution >= 4 is 11.4 Å². The lowest BCUT2D eigenvalue weighted by atomic mass is 10.1. The van der Waals surface area contributed by atoms with Gasteiger partial charge in [-0.05, 0) is 19.4 Å². The first-order valence-corrected chi connectivity index (χ1v) is 7.37. The van der Waals surface area contributed by atoms with Crippen LogP contribution in [0.25, 0.3) is 0 Å². The van der Waals surface area contributed by atoms with Crippen LogP contribution in [0.15, 0.2) is 18.2 Å². The summed E-state index contributed by atoms with van der Waals surface area (Å²) in [4.78, 5) is 10.6. The lowest BCUT2D eigenvalue weighted by Gasteiger charge is -2.15. The van der Waals surface area contributed by atoms with E-state index in [9.17, 15) is 10.1 Å². The molecule has 5 heteroatoms. The lowest BCUT2D eigenvalue weighted by Crippen LogP contribution is -2.31. The number of hydrogen-bond donors (Lipinski definition) is 2. The average molecular weight is 281 g/mol. The zero-order chi connectivity index (χ0) is 15.7. The van der Waals surface area contributed by atoms with Crippen molar-refractivity contribution in [2.45, 2.75) is 53.6 Å². The molecule has 20 heavy (non-hydrogen) atoms. The van der Waals surface area contributed by atoms with E-state index in [-0.39, 0.29) is 16.7 Å². The molecule has 0 spiro atoms. The van der Waals surface area contributed by atoms with Gasteiger partial charge in [-0.2, -0.15) is 0 Å². The summed E-state index contributed by atoms with van der Waals surface area (Å²) in [7, 11) is 0. The van der Waals surface area contributed by atoms with Gasteiger partial charge in [0, 0.05) is 24.7 Å². The van der Waals surface area contributed by atoms with Gasteiger partial charge in [-0.1, -0.05) is 39.8 Å². The maximum absolute atomic E-state index is 10.9. The summed E-state index contributed by atoms with van der Waals surface area (Å²) in [5.74, 6) is 0. The van der Waals surface area contributed by atoms with Crippen molar-refractivity contribution in [2.24, 2.45) is 0 Å². The molecule has 1 aromatic rings. The van der Waals surface area contributed by atoms with E-state index in [1.165, 1.54) is 6.07 Å². The maximum Gasteiger partial charge on any atom is 0.292 e. The van der Waals surface area contributed by atoms with Crippen LogP contribution in [0.5, 0.6) is 0 Å². The van der Waals surface area contributed by atoms with Crippen LogP contribution in [0.4, 0.5) is 11.4 Å². The molecule has 0 saturated heterocycles. The molecule has 1 aliphatic rings. The van der Waals surface area contributed by atoms with E-state index in [0.29, 0.717) is 18.3 Å². The van der Waals surface area contributed by atoms with Crippen molar-refractivity contribution in [3.63, 3.8) is 0 Å². The zero-order valence-electron chi connectivity index (χ0n) is 13.4. The average Bonchev–Trinajstić information content (AvgIpc) is 2.62. The van der Waals surface area contributed by atoms with Crippen LogP contribution in [0.3, 0.4) is 0 Å². The largest absolute Gasteiger partial charge is 0.378 e.